The molecular weight excluding hydrogens is 210 g/mol. The lowest BCUT2D eigenvalue weighted by molar-refractivity contribution is 0.423. The summed E-state index contributed by atoms with van der Waals surface area (Å²) in [6, 6.07) is 0.212. The molecule has 0 aromatic heterocycles. The lowest BCUT2D eigenvalue weighted by Gasteiger charge is -2.22. The van der Waals surface area contributed by atoms with E-state index in [-0.39, 0.29) is 24.2 Å². The van der Waals surface area contributed by atoms with Crippen LogP contribution in [-0.4, -0.2) is 32.5 Å². The summed E-state index contributed by atoms with van der Waals surface area (Å²) in [4.78, 5) is 0. The van der Waals surface area contributed by atoms with Gasteiger partial charge < -0.3 is 5.32 Å². The minimum atomic E-state index is -2.78. The van der Waals surface area contributed by atoms with Crippen LogP contribution < -0.4 is 5.32 Å². The molecule has 1 rings (SSSR count). The fraction of sp³-hybridized carbons (Fsp3) is 1.00. The molecule has 1 fully saturated rings. The molecule has 0 spiro atoms. The summed E-state index contributed by atoms with van der Waals surface area (Å²) in [5.74, 6) is 0.592. The molecule has 0 radical (unpaired) electrons. The van der Waals surface area contributed by atoms with Gasteiger partial charge in [0.2, 0.25) is 0 Å². The van der Waals surface area contributed by atoms with Crippen LogP contribution in [0.4, 0.5) is 0 Å². The molecule has 1 aliphatic rings. The Morgan fingerprint density at radius 2 is 2.08 bits per heavy atom. The van der Waals surface area contributed by atoms with Gasteiger partial charge in [0, 0.05) is 11.8 Å². The molecule has 5 heteroatoms. The SMILES string of the molecule is CCS(=O)(=O)CC1CCCCN1.Cl. The van der Waals surface area contributed by atoms with Crippen LogP contribution in [0.15, 0.2) is 0 Å². The van der Waals surface area contributed by atoms with E-state index in [9.17, 15) is 8.42 Å². The molecule has 0 aliphatic carbocycles. The summed E-state index contributed by atoms with van der Waals surface area (Å²) in [7, 11) is -2.78. The number of halogens is 1. The summed E-state index contributed by atoms with van der Waals surface area (Å²) < 4.78 is 22.5. The molecule has 1 heterocycles. The monoisotopic (exact) mass is 227 g/mol. The second-order valence-electron chi connectivity index (χ2n) is 3.35. The van der Waals surface area contributed by atoms with Gasteiger partial charge in [-0.05, 0) is 19.4 Å². The second-order valence-corrected chi connectivity index (χ2v) is 5.74. The molecule has 1 N–H and O–H groups in total. The van der Waals surface area contributed by atoms with Crippen molar-refractivity contribution in [2.45, 2.75) is 32.2 Å². The molecule has 0 aromatic carbocycles. The predicted molar refractivity (Wildman–Crippen MR) is 57.2 cm³/mol. The highest BCUT2D eigenvalue weighted by Gasteiger charge is 2.18. The third-order valence-electron chi connectivity index (χ3n) is 2.31. The molecule has 1 saturated heterocycles. The highest BCUT2D eigenvalue weighted by atomic mass is 35.5. The average Bonchev–Trinajstić information content (AvgIpc) is 2.06. The van der Waals surface area contributed by atoms with Gasteiger partial charge in [-0.3, -0.25) is 0 Å². The van der Waals surface area contributed by atoms with Crippen LogP contribution >= 0.6 is 12.4 Å². The van der Waals surface area contributed by atoms with Crippen LogP contribution in [-0.2, 0) is 9.84 Å². The van der Waals surface area contributed by atoms with E-state index >= 15 is 0 Å². The summed E-state index contributed by atoms with van der Waals surface area (Å²) in [6.45, 7) is 2.68. The summed E-state index contributed by atoms with van der Waals surface area (Å²) >= 11 is 0. The average molecular weight is 228 g/mol. The standard InChI is InChI=1S/C8H17NO2S.ClH/c1-2-12(10,11)7-8-5-3-4-6-9-8;/h8-9H,2-7H2,1H3;1H. The molecular formula is C8H18ClNO2S. The van der Waals surface area contributed by atoms with Gasteiger partial charge in [0.15, 0.2) is 9.84 Å². The van der Waals surface area contributed by atoms with Crippen molar-refractivity contribution < 1.29 is 8.42 Å². The zero-order valence-corrected chi connectivity index (χ0v) is 9.59. The van der Waals surface area contributed by atoms with Gasteiger partial charge in [0.25, 0.3) is 0 Å². The van der Waals surface area contributed by atoms with Gasteiger partial charge in [0.1, 0.15) is 0 Å². The first-order valence-electron chi connectivity index (χ1n) is 4.58. The molecule has 1 unspecified atom stereocenters. The number of sulfone groups is 1. The summed E-state index contributed by atoms with van der Waals surface area (Å²) in [6.07, 6.45) is 3.36. The smallest absolute Gasteiger partial charge is 0.151 e. The van der Waals surface area contributed by atoms with Crippen LogP contribution in [0.3, 0.4) is 0 Å². The first-order chi connectivity index (χ1) is 5.64. The van der Waals surface area contributed by atoms with E-state index in [0.29, 0.717) is 5.75 Å². The Morgan fingerprint density at radius 1 is 1.38 bits per heavy atom. The topological polar surface area (TPSA) is 46.2 Å². The van der Waals surface area contributed by atoms with Crippen molar-refractivity contribution >= 4 is 22.2 Å². The Labute approximate surface area is 86.6 Å². The van der Waals surface area contributed by atoms with Crippen molar-refractivity contribution in [3.05, 3.63) is 0 Å². The maximum Gasteiger partial charge on any atom is 0.151 e. The number of rotatable bonds is 3. The second kappa shape index (κ2) is 5.83. The minimum absolute atomic E-state index is 0. The van der Waals surface area contributed by atoms with Crippen molar-refractivity contribution in [1.82, 2.24) is 5.32 Å². The molecule has 1 atom stereocenters. The number of hydrogen-bond donors (Lipinski definition) is 1. The maximum absolute atomic E-state index is 11.2. The highest BCUT2D eigenvalue weighted by molar-refractivity contribution is 7.91. The van der Waals surface area contributed by atoms with E-state index in [1.807, 2.05) is 0 Å². The lowest BCUT2D eigenvalue weighted by Crippen LogP contribution is -2.39. The number of nitrogens with one attached hydrogen (secondary N) is 1. The normalized spacial score (nSPS) is 23.6. The molecule has 1 aliphatic heterocycles. The van der Waals surface area contributed by atoms with Crippen molar-refractivity contribution in [2.75, 3.05) is 18.1 Å². The summed E-state index contributed by atoms with van der Waals surface area (Å²) in [5, 5.41) is 3.23. The van der Waals surface area contributed by atoms with Gasteiger partial charge in [0.05, 0.1) is 5.75 Å². The van der Waals surface area contributed by atoms with Crippen molar-refractivity contribution in [1.29, 1.82) is 0 Å². The van der Waals surface area contributed by atoms with Gasteiger partial charge in [-0.1, -0.05) is 13.3 Å². The first-order valence-corrected chi connectivity index (χ1v) is 6.40. The quantitative estimate of drug-likeness (QED) is 0.782. The molecule has 3 nitrogen and oxygen atoms in total. The Balaban J connectivity index is 0.00000144. The maximum atomic E-state index is 11.2. The van der Waals surface area contributed by atoms with Crippen molar-refractivity contribution in [3.8, 4) is 0 Å². The predicted octanol–water partition coefficient (Wildman–Crippen LogP) is 0.985. The Kier molecular flexibility index (Phi) is 5.92. The summed E-state index contributed by atoms with van der Waals surface area (Å²) in [5.41, 5.74) is 0. The molecule has 0 amide bonds. The van der Waals surface area contributed by atoms with E-state index in [4.69, 9.17) is 0 Å². The van der Waals surface area contributed by atoms with Gasteiger partial charge in [-0.2, -0.15) is 0 Å². The van der Waals surface area contributed by atoms with Crippen LogP contribution in [0.25, 0.3) is 0 Å². The zero-order valence-electron chi connectivity index (χ0n) is 7.95. The third-order valence-corrected chi connectivity index (χ3v) is 4.10. The molecule has 80 valence electrons. The Bertz CT molecular complexity index is 222. The van der Waals surface area contributed by atoms with E-state index in [1.165, 1.54) is 6.42 Å². The van der Waals surface area contributed by atoms with Crippen LogP contribution in [0.5, 0.6) is 0 Å². The first kappa shape index (κ1) is 13.2. The fourth-order valence-electron chi connectivity index (χ4n) is 1.49. The highest BCUT2D eigenvalue weighted by Crippen LogP contribution is 2.09. The van der Waals surface area contributed by atoms with E-state index in [0.717, 1.165) is 19.4 Å². The van der Waals surface area contributed by atoms with Gasteiger partial charge in [-0.25, -0.2) is 8.42 Å². The van der Waals surface area contributed by atoms with Crippen molar-refractivity contribution in [3.63, 3.8) is 0 Å². The van der Waals surface area contributed by atoms with E-state index in [1.54, 1.807) is 6.92 Å². The van der Waals surface area contributed by atoms with Crippen LogP contribution in [0.2, 0.25) is 0 Å². The lowest BCUT2D eigenvalue weighted by atomic mass is 10.1. The van der Waals surface area contributed by atoms with Gasteiger partial charge in [-0.15, -0.1) is 12.4 Å². The van der Waals surface area contributed by atoms with E-state index in [2.05, 4.69) is 5.32 Å². The van der Waals surface area contributed by atoms with Gasteiger partial charge >= 0.3 is 0 Å². The molecule has 0 saturated carbocycles. The molecule has 13 heavy (non-hydrogen) atoms. The minimum Gasteiger partial charge on any atom is -0.313 e. The molecule has 0 bridgehead atoms. The Morgan fingerprint density at radius 3 is 2.54 bits per heavy atom. The van der Waals surface area contributed by atoms with Crippen molar-refractivity contribution in [2.24, 2.45) is 0 Å². The zero-order chi connectivity index (χ0) is 9.03. The van der Waals surface area contributed by atoms with E-state index < -0.39 is 9.84 Å². The van der Waals surface area contributed by atoms with Crippen LogP contribution in [0.1, 0.15) is 26.2 Å². The van der Waals surface area contributed by atoms with Crippen LogP contribution in [0, 0.1) is 0 Å². The third kappa shape index (κ3) is 4.84. The fourth-order valence-corrected chi connectivity index (χ4v) is 2.62. The number of piperidine rings is 1. The largest absolute Gasteiger partial charge is 0.313 e. The Hall–Kier alpha value is 0.200. The number of hydrogen-bond acceptors (Lipinski definition) is 3. The molecule has 0 aromatic rings.